The van der Waals surface area contributed by atoms with Crippen molar-refractivity contribution in [1.82, 2.24) is 9.80 Å². The number of carbonyl (C=O) groups is 2. The molecule has 0 radical (unpaired) electrons. The van der Waals surface area contributed by atoms with Gasteiger partial charge < -0.3 is 14.1 Å². The molecule has 0 N–H and O–H groups in total. The summed E-state index contributed by atoms with van der Waals surface area (Å²) in [5.74, 6) is 0.146. The number of methoxy groups -OCH3 is 1. The van der Waals surface area contributed by atoms with Gasteiger partial charge in [-0.25, -0.2) is 9.18 Å². The van der Waals surface area contributed by atoms with Gasteiger partial charge in [0.2, 0.25) is 0 Å². The predicted molar refractivity (Wildman–Crippen MR) is 135 cm³/mol. The summed E-state index contributed by atoms with van der Waals surface area (Å²) < 4.78 is 24.7. The Morgan fingerprint density at radius 3 is 2.42 bits per heavy atom. The Kier molecular flexibility index (Phi) is 8.21. The summed E-state index contributed by atoms with van der Waals surface area (Å²) in [6.07, 6.45) is 3.80. The molecule has 0 aliphatic carbocycles. The van der Waals surface area contributed by atoms with Crippen LogP contribution in [-0.2, 0) is 17.7 Å². The minimum atomic E-state index is -0.340. The highest BCUT2D eigenvalue weighted by Crippen LogP contribution is 2.29. The second-order valence-corrected chi connectivity index (χ2v) is 9.47. The minimum absolute atomic E-state index is 0.101. The molecule has 1 aromatic heterocycles. The van der Waals surface area contributed by atoms with Gasteiger partial charge in [0.15, 0.2) is 0 Å². The Labute approximate surface area is 211 Å². The van der Waals surface area contributed by atoms with E-state index in [0.717, 1.165) is 38.0 Å². The van der Waals surface area contributed by atoms with E-state index < -0.39 is 0 Å². The summed E-state index contributed by atoms with van der Waals surface area (Å²) in [7, 11) is 3.19. The summed E-state index contributed by atoms with van der Waals surface area (Å²) in [6.45, 7) is 4.33. The highest BCUT2D eigenvalue weighted by atomic mass is 19.1. The molecule has 0 bridgehead atoms. The second-order valence-electron chi connectivity index (χ2n) is 9.47. The standard InChI is InChI=1S/C29H33FN2O4/c1-20-25(14-17-36-20)28(33)31(2)27(18-24-6-4-5-7-26(24)30)22-12-15-32(16-13-22)19-21-8-10-23(11-9-21)29(34)35-3/h4-11,14,17,22,27H,12-13,15-16,18-19H2,1-3H3/t27-/m0/s1. The van der Waals surface area contributed by atoms with Crippen LogP contribution in [0.3, 0.4) is 0 Å². The fourth-order valence-electron chi connectivity index (χ4n) is 5.07. The van der Waals surface area contributed by atoms with Gasteiger partial charge in [-0.2, -0.15) is 0 Å². The molecular weight excluding hydrogens is 459 g/mol. The molecular formula is C29H33FN2O4. The van der Waals surface area contributed by atoms with Crippen LogP contribution < -0.4 is 0 Å². The number of likely N-dealkylation sites (tertiary alicyclic amines) is 1. The molecule has 2 aromatic carbocycles. The number of rotatable bonds is 8. The first-order valence-electron chi connectivity index (χ1n) is 12.3. The molecule has 0 saturated carbocycles. The Balaban J connectivity index is 1.45. The van der Waals surface area contributed by atoms with Crippen LogP contribution in [0.1, 0.15) is 50.4 Å². The molecule has 1 fully saturated rings. The number of piperidine rings is 1. The normalized spacial score (nSPS) is 15.4. The van der Waals surface area contributed by atoms with Gasteiger partial charge in [-0.05, 0) is 80.6 Å². The molecule has 1 saturated heterocycles. The fraction of sp³-hybridized carbons (Fsp3) is 0.379. The molecule has 190 valence electrons. The van der Waals surface area contributed by atoms with Gasteiger partial charge in [0.05, 0.1) is 24.5 Å². The van der Waals surface area contributed by atoms with E-state index in [1.807, 2.05) is 25.2 Å². The van der Waals surface area contributed by atoms with Crippen molar-refractivity contribution >= 4 is 11.9 Å². The van der Waals surface area contributed by atoms with Crippen LogP contribution in [0.4, 0.5) is 4.39 Å². The zero-order chi connectivity index (χ0) is 25.7. The fourth-order valence-corrected chi connectivity index (χ4v) is 5.07. The third kappa shape index (κ3) is 5.85. The largest absolute Gasteiger partial charge is 0.469 e. The lowest BCUT2D eigenvalue weighted by atomic mass is 9.84. The Morgan fingerprint density at radius 2 is 1.81 bits per heavy atom. The smallest absolute Gasteiger partial charge is 0.337 e. The number of aryl methyl sites for hydroxylation is 1. The summed E-state index contributed by atoms with van der Waals surface area (Å²) in [4.78, 5) is 29.1. The summed E-state index contributed by atoms with van der Waals surface area (Å²) >= 11 is 0. The summed E-state index contributed by atoms with van der Waals surface area (Å²) in [6, 6.07) is 15.9. The number of benzene rings is 2. The lowest BCUT2D eigenvalue weighted by Crippen LogP contribution is -2.47. The maximum atomic E-state index is 14.6. The van der Waals surface area contributed by atoms with Crippen LogP contribution in [-0.4, -0.2) is 55.0 Å². The van der Waals surface area contributed by atoms with Crippen molar-refractivity contribution in [2.24, 2.45) is 5.92 Å². The zero-order valence-corrected chi connectivity index (χ0v) is 21.1. The van der Waals surface area contributed by atoms with Crippen LogP contribution in [0.25, 0.3) is 0 Å². The molecule has 6 nitrogen and oxygen atoms in total. The van der Waals surface area contributed by atoms with E-state index in [1.54, 1.807) is 42.2 Å². The topological polar surface area (TPSA) is 63.0 Å². The zero-order valence-electron chi connectivity index (χ0n) is 21.1. The summed E-state index contributed by atoms with van der Waals surface area (Å²) in [5.41, 5.74) is 2.84. The summed E-state index contributed by atoms with van der Waals surface area (Å²) in [5, 5.41) is 0. The van der Waals surface area contributed by atoms with Gasteiger partial charge in [-0.1, -0.05) is 30.3 Å². The van der Waals surface area contributed by atoms with E-state index in [4.69, 9.17) is 9.15 Å². The number of furan rings is 1. The van der Waals surface area contributed by atoms with Crippen molar-refractivity contribution in [3.63, 3.8) is 0 Å². The second kappa shape index (κ2) is 11.5. The van der Waals surface area contributed by atoms with Crippen molar-refractivity contribution < 1.29 is 23.1 Å². The number of hydrogen-bond acceptors (Lipinski definition) is 5. The van der Waals surface area contributed by atoms with Gasteiger partial charge in [0, 0.05) is 19.6 Å². The number of halogens is 1. The van der Waals surface area contributed by atoms with E-state index in [0.29, 0.717) is 28.9 Å². The Bertz CT molecular complexity index is 1180. The van der Waals surface area contributed by atoms with Crippen molar-refractivity contribution in [1.29, 1.82) is 0 Å². The highest BCUT2D eigenvalue weighted by molar-refractivity contribution is 5.95. The maximum absolute atomic E-state index is 14.6. The SMILES string of the molecule is COC(=O)c1ccc(CN2CCC([C@H](Cc3ccccc3F)N(C)C(=O)c3ccoc3C)CC2)cc1. The molecule has 36 heavy (non-hydrogen) atoms. The molecule has 1 aliphatic rings. The quantitative estimate of drug-likeness (QED) is 0.409. The number of carbonyl (C=O) groups excluding carboxylic acids is 2. The molecule has 0 spiro atoms. The molecule has 1 aliphatic heterocycles. The van der Waals surface area contributed by atoms with Gasteiger partial charge in [0.25, 0.3) is 5.91 Å². The monoisotopic (exact) mass is 492 g/mol. The maximum Gasteiger partial charge on any atom is 0.337 e. The third-order valence-electron chi connectivity index (χ3n) is 7.25. The van der Waals surface area contributed by atoms with Crippen LogP contribution in [0, 0.1) is 18.7 Å². The highest BCUT2D eigenvalue weighted by Gasteiger charge is 2.33. The van der Waals surface area contributed by atoms with Gasteiger partial charge >= 0.3 is 5.97 Å². The lowest BCUT2D eigenvalue weighted by Gasteiger charge is -2.40. The number of esters is 1. The molecule has 1 atom stereocenters. The third-order valence-corrected chi connectivity index (χ3v) is 7.25. The first kappa shape index (κ1) is 25.6. The van der Waals surface area contributed by atoms with Crippen molar-refractivity contribution in [3.05, 3.63) is 94.7 Å². The number of likely N-dealkylation sites (N-methyl/N-ethyl adjacent to an activating group) is 1. The lowest BCUT2D eigenvalue weighted by molar-refractivity contribution is 0.0580. The molecule has 2 heterocycles. The van der Waals surface area contributed by atoms with Crippen LogP contribution in [0.2, 0.25) is 0 Å². The molecule has 4 rings (SSSR count). The van der Waals surface area contributed by atoms with E-state index in [2.05, 4.69) is 4.90 Å². The van der Waals surface area contributed by atoms with Crippen molar-refractivity contribution in [3.8, 4) is 0 Å². The molecule has 1 amide bonds. The molecule has 3 aromatic rings. The number of hydrogen-bond donors (Lipinski definition) is 0. The van der Waals surface area contributed by atoms with Crippen LogP contribution >= 0.6 is 0 Å². The van der Waals surface area contributed by atoms with E-state index in [9.17, 15) is 14.0 Å². The van der Waals surface area contributed by atoms with Crippen LogP contribution in [0.5, 0.6) is 0 Å². The van der Waals surface area contributed by atoms with Crippen molar-refractivity contribution in [2.75, 3.05) is 27.2 Å². The number of nitrogens with zero attached hydrogens (tertiary/aromatic N) is 2. The minimum Gasteiger partial charge on any atom is -0.469 e. The predicted octanol–water partition coefficient (Wildman–Crippen LogP) is 5.11. The van der Waals surface area contributed by atoms with Gasteiger partial charge in [-0.15, -0.1) is 0 Å². The molecule has 7 heteroatoms. The average molecular weight is 493 g/mol. The Hall–Kier alpha value is -3.45. The Morgan fingerprint density at radius 1 is 1.11 bits per heavy atom. The first-order valence-corrected chi connectivity index (χ1v) is 12.3. The molecule has 0 unspecified atom stereocenters. The van der Waals surface area contributed by atoms with Crippen molar-refractivity contribution in [2.45, 2.75) is 38.8 Å². The van der Waals surface area contributed by atoms with Gasteiger partial charge in [0.1, 0.15) is 11.6 Å². The average Bonchev–Trinajstić information content (AvgIpc) is 3.33. The van der Waals surface area contributed by atoms with E-state index >= 15 is 0 Å². The van der Waals surface area contributed by atoms with E-state index in [-0.39, 0.29) is 29.7 Å². The van der Waals surface area contributed by atoms with Gasteiger partial charge in [-0.3, -0.25) is 9.69 Å². The van der Waals surface area contributed by atoms with Crippen LogP contribution in [0.15, 0.2) is 65.3 Å². The number of ether oxygens (including phenoxy) is 1. The number of amides is 1. The van der Waals surface area contributed by atoms with E-state index in [1.165, 1.54) is 19.4 Å². The first-order chi connectivity index (χ1) is 17.4.